The van der Waals surface area contributed by atoms with Crippen LogP contribution in [0, 0.1) is 10.1 Å². The van der Waals surface area contributed by atoms with Crippen LogP contribution in [0.1, 0.15) is 42.6 Å². The number of nitrogens with one attached hydrogen (secondary N) is 2. The van der Waals surface area contributed by atoms with E-state index in [1.165, 1.54) is 31.2 Å². The van der Waals surface area contributed by atoms with Crippen molar-refractivity contribution >= 4 is 17.4 Å². The number of ketones is 1. The zero-order valence-corrected chi connectivity index (χ0v) is 15.4. The van der Waals surface area contributed by atoms with Crippen molar-refractivity contribution in [3.63, 3.8) is 0 Å². The predicted octanol–water partition coefficient (Wildman–Crippen LogP) is 3.20. The molecule has 1 unspecified atom stereocenters. The van der Waals surface area contributed by atoms with E-state index in [1.807, 2.05) is 37.3 Å². The lowest BCUT2D eigenvalue weighted by Gasteiger charge is -2.30. The zero-order chi connectivity index (χ0) is 19.9. The molecule has 0 aliphatic rings. The fraction of sp³-hybridized carbons (Fsp3) is 0.300. The Labute approximate surface area is 157 Å². The minimum absolute atomic E-state index is 0.0163. The summed E-state index contributed by atoms with van der Waals surface area (Å²) in [5.74, 6) is -0.401. The Kier molecular flexibility index (Phi) is 6.79. The second-order valence-electron chi connectivity index (χ2n) is 6.81. The highest BCUT2D eigenvalue weighted by atomic mass is 16.6. The van der Waals surface area contributed by atoms with Crippen molar-refractivity contribution in [1.29, 1.82) is 0 Å². The molecule has 0 aliphatic heterocycles. The van der Waals surface area contributed by atoms with Crippen molar-refractivity contribution in [2.24, 2.45) is 0 Å². The third-order valence-electron chi connectivity index (χ3n) is 4.27. The first-order chi connectivity index (χ1) is 12.8. The van der Waals surface area contributed by atoms with Crippen molar-refractivity contribution in [2.75, 3.05) is 0 Å². The van der Waals surface area contributed by atoms with Crippen LogP contribution in [-0.4, -0.2) is 22.2 Å². The molecule has 2 N–H and O–H groups in total. The minimum Gasteiger partial charge on any atom is -0.300 e. The van der Waals surface area contributed by atoms with Crippen LogP contribution in [0.15, 0.2) is 54.6 Å². The lowest BCUT2D eigenvalue weighted by Crippen LogP contribution is -2.53. The average molecular weight is 369 g/mol. The molecule has 0 saturated heterocycles. The van der Waals surface area contributed by atoms with Crippen LogP contribution in [0.3, 0.4) is 0 Å². The molecule has 2 aromatic carbocycles. The second kappa shape index (κ2) is 9.05. The molecule has 142 valence electrons. The summed E-state index contributed by atoms with van der Waals surface area (Å²) >= 11 is 0. The van der Waals surface area contributed by atoms with E-state index < -0.39 is 16.4 Å². The third-order valence-corrected chi connectivity index (χ3v) is 4.27. The van der Waals surface area contributed by atoms with Gasteiger partial charge in [-0.05, 0) is 44.4 Å². The molecule has 7 nitrogen and oxygen atoms in total. The molecular weight excluding hydrogens is 346 g/mol. The SMILES string of the molecule is CC(=O)CC(C)(CCc1ccccc1)NNC(=O)c1ccc([N+](=O)[O-])cc1. The zero-order valence-electron chi connectivity index (χ0n) is 15.4. The Bertz CT molecular complexity index is 806. The van der Waals surface area contributed by atoms with Crippen LogP contribution < -0.4 is 10.9 Å². The summed E-state index contributed by atoms with van der Waals surface area (Å²) in [4.78, 5) is 34.1. The van der Waals surface area contributed by atoms with Gasteiger partial charge < -0.3 is 0 Å². The van der Waals surface area contributed by atoms with Gasteiger partial charge in [0.15, 0.2) is 0 Å². The normalized spacial score (nSPS) is 12.8. The maximum Gasteiger partial charge on any atom is 0.269 e. The molecule has 0 heterocycles. The fourth-order valence-electron chi connectivity index (χ4n) is 2.82. The van der Waals surface area contributed by atoms with E-state index in [4.69, 9.17) is 0 Å². The van der Waals surface area contributed by atoms with E-state index in [-0.39, 0.29) is 17.9 Å². The lowest BCUT2D eigenvalue weighted by atomic mass is 9.89. The molecule has 27 heavy (non-hydrogen) atoms. The molecule has 1 atom stereocenters. The van der Waals surface area contributed by atoms with Crippen LogP contribution in [0.2, 0.25) is 0 Å². The van der Waals surface area contributed by atoms with E-state index in [9.17, 15) is 19.7 Å². The number of carbonyl (C=O) groups is 2. The number of Topliss-reactive ketones (excluding diaryl/α,β-unsaturated/α-hetero) is 1. The van der Waals surface area contributed by atoms with Crippen molar-refractivity contribution in [3.8, 4) is 0 Å². The quantitative estimate of drug-likeness (QED) is 0.522. The number of carbonyl (C=O) groups excluding carboxylic acids is 2. The largest absolute Gasteiger partial charge is 0.300 e. The molecule has 7 heteroatoms. The van der Waals surface area contributed by atoms with Crippen molar-refractivity contribution in [3.05, 3.63) is 75.8 Å². The van der Waals surface area contributed by atoms with E-state index in [2.05, 4.69) is 10.9 Å². The molecule has 0 bridgehead atoms. The highest BCUT2D eigenvalue weighted by molar-refractivity contribution is 5.94. The lowest BCUT2D eigenvalue weighted by molar-refractivity contribution is -0.384. The molecule has 0 aliphatic carbocycles. The molecule has 1 amide bonds. The number of aryl methyl sites for hydroxylation is 1. The molecular formula is C20H23N3O4. The van der Waals surface area contributed by atoms with E-state index in [0.29, 0.717) is 12.0 Å². The maximum absolute atomic E-state index is 12.3. The van der Waals surface area contributed by atoms with Gasteiger partial charge in [-0.2, -0.15) is 0 Å². The Morgan fingerprint density at radius 3 is 2.26 bits per heavy atom. The molecule has 0 spiro atoms. The van der Waals surface area contributed by atoms with Gasteiger partial charge in [0, 0.05) is 29.7 Å². The van der Waals surface area contributed by atoms with Gasteiger partial charge >= 0.3 is 0 Å². The van der Waals surface area contributed by atoms with Gasteiger partial charge in [0.2, 0.25) is 0 Å². The Hall–Kier alpha value is -3.06. The van der Waals surface area contributed by atoms with Gasteiger partial charge in [0.05, 0.1) is 4.92 Å². The van der Waals surface area contributed by atoms with Gasteiger partial charge in [-0.1, -0.05) is 30.3 Å². The standard InChI is InChI=1S/C20H23N3O4/c1-15(24)14-20(2,13-12-16-6-4-3-5-7-16)22-21-19(25)17-8-10-18(11-9-17)23(26)27/h3-11,22H,12-14H2,1-2H3,(H,21,25). The molecule has 0 saturated carbocycles. The molecule has 0 fully saturated rings. The topological polar surface area (TPSA) is 101 Å². The monoisotopic (exact) mass is 369 g/mol. The van der Waals surface area contributed by atoms with Gasteiger partial charge in [-0.25, -0.2) is 5.43 Å². The van der Waals surface area contributed by atoms with Gasteiger partial charge in [-0.3, -0.25) is 25.1 Å². The van der Waals surface area contributed by atoms with Crippen molar-refractivity contribution in [2.45, 2.75) is 38.6 Å². The number of rotatable bonds is 9. The number of amides is 1. The summed E-state index contributed by atoms with van der Waals surface area (Å²) in [5, 5.41) is 10.7. The summed E-state index contributed by atoms with van der Waals surface area (Å²) < 4.78 is 0. The van der Waals surface area contributed by atoms with Crippen molar-refractivity contribution in [1.82, 2.24) is 10.9 Å². The Morgan fingerprint density at radius 2 is 1.70 bits per heavy atom. The van der Waals surface area contributed by atoms with E-state index >= 15 is 0 Å². The van der Waals surface area contributed by atoms with Gasteiger partial charge in [0.25, 0.3) is 11.6 Å². The Morgan fingerprint density at radius 1 is 1.07 bits per heavy atom. The summed E-state index contributed by atoms with van der Waals surface area (Å²) in [5.41, 5.74) is 6.35. The summed E-state index contributed by atoms with van der Waals surface area (Å²) in [6, 6.07) is 15.2. The summed E-state index contributed by atoms with van der Waals surface area (Å²) in [6.45, 7) is 3.40. The first-order valence-corrected chi connectivity index (χ1v) is 8.64. The summed E-state index contributed by atoms with van der Waals surface area (Å²) in [6.07, 6.45) is 1.67. The van der Waals surface area contributed by atoms with Crippen LogP contribution in [0.5, 0.6) is 0 Å². The number of nitro groups is 1. The van der Waals surface area contributed by atoms with E-state index in [1.54, 1.807) is 0 Å². The van der Waals surface area contributed by atoms with Crippen LogP contribution in [0.4, 0.5) is 5.69 Å². The highest BCUT2D eigenvalue weighted by Crippen LogP contribution is 2.18. The average Bonchev–Trinajstić information content (AvgIpc) is 2.65. The molecule has 0 radical (unpaired) electrons. The maximum atomic E-state index is 12.3. The smallest absolute Gasteiger partial charge is 0.269 e. The number of hydrazine groups is 1. The molecule has 2 rings (SSSR count). The number of benzene rings is 2. The third kappa shape index (κ3) is 6.31. The van der Waals surface area contributed by atoms with Crippen molar-refractivity contribution < 1.29 is 14.5 Å². The first-order valence-electron chi connectivity index (χ1n) is 8.64. The fourth-order valence-corrected chi connectivity index (χ4v) is 2.82. The van der Waals surface area contributed by atoms with Gasteiger partial charge in [0.1, 0.15) is 5.78 Å². The number of hydrogen-bond donors (Lipinski definition) is 2. The number of hydrogen-bond acceptors (Lipinski definition) is 5. The number of non-ortho nitro benzene ring substituents is 1. The molecule has 0 aromatic heterocycles. The second-order valence-corrected chi connectivity index (χ2v) is 6.81. The number of nitro benzene ring substituents is 1. The van der Waals surface area contributed by atoms with E-state index in [0.717, 1.165) is 12.0 Å². The Balaban J connectivity index is 2.00. The summed E-state index contributed by atoms with van der Waals surface area (Å²) in [7, 11) is 0. The highest BCUT2D eigenvalue weighted by Gasteiger charge is 2.26. The first kappa shape index (κ1) is 20.3. The predicted molar refractivity (Wildman–Crippen MR) is 102 cm³/mol. The van der Waals surface area contributed by atoms with Crippen LogP contribution in [-0.2, 0) is 11.2 Å². The van der Waals surface area contributed by atoms with Crippen LogP contribution >= 0.6 is 0 Å². The minimum atomic E-state index is -0.613. The van der Waals surface area contributed by atoms with Gasteiger partial charge in [-0.15, -0.1) is 0 Å². The van der Waals surface area contributed by atoms with Crippen LogP contribution in [0.25, 0.3) is 0 Å². The number of nitrogens with zero attached hydrogens (tertiary/aromatic N) is 1. The molecule has 2 aromatic rings.